The minimum absolute atomic E-state index is 0.0301. The third-order valence-corrected chi connectivity index (χ3v) is 4.15. The number of nitrogens with one attached hydrogen (secondary N) is 1. The SMILES string of the molecule is CC(O)C1CC(NC(=O)OCc2ccccc2)CN(CC(N)=O)C1. The number of carbonyl (C=O) groups excluding carboxylic acids is 2. The lowest BCUT2D eigenvalue weighted by Crippen LogP contribution is -2.54. The molecule has 4 N–H and O–H groups in total. The van der Waals surface area contributed by atoms with E-state index in [9.17, 15) is 14.7 Å². The van der Waals surface area contributed by atoms with Gasteiger partial charge in [0, 0.05) is 19.1 Å². The summed E-state index contributed by atoms with van der Waals surface area (Å²) in [6.07, 6.45) is -0.396. The number of ether oxygens (including phenoxy) is 1. The lowest BCUT2D eigenvalue weighted by atomic mass is 9.90. The fourth-order valence-corrected chi connectivity index (χ4v) is 2.97. The van der Waals surface area contributed by atoms with Gasteiger partial charge in [-0.1, -0.05) is 30.3 Å². The normalized spacial score (nSPS) is 22.6. The molecule has 0 bridgehead atoms. The van der Waals surface area contributed by atoms with Crippen molar-refractivity contribution in [3.05, 3.63) is 35.9 Å². The van der Waals surface area contributed by atoms with E-state index in [0.717, 1.165) is 5.56 Å². The summed E-state index contributed by atoms with van der Waals surface area (Å²) >= 11 is 0. The van der Waals surface area contributed by atoms with Gasteiger partial charge in [0.05, 0.1) is 12.6 Å². The molecule has 1 heterocycles. The van der Waals surface area contributed by atoms with Gasteiger partial charge in [-0.15, -0.1) is 0 Å². The largest absolute Gasteiger partial charge is 0.445 e. The highest BCUT2D eigenvalue weighted by Crippen LogP contribution is 2.20. The van der Waals surface area contributed by atoms with E-state index in [1.807, 2.05) is 35.2 Å². The zero-order valence-corrected chi connectivity index (χ0v) is 13.9. The topological polar surface area (TPSA) is 105 Å². The van der Waals surface area contributed by atoms with E-state index < -0.39 is 18.1 Å². The molecule has 3 atom stereocenters. The van der Waals surface area contributed by atoms with E-state index in [1.54, 1.807) is 6.92 Å². The zero-order valence-electron chi connectivity index (χ0n) is 13.9. The van der Waals surface area contributed by atoms with Crippen LogP contribution in [0.1, 0.15) is 18.9 Å². The standard InChI is InChI=1S/C17H25N3O4/c1-12(21)14-7-15(9-20(8-14)10-16(18)22)19-17(23)24-11-13-5-3-2-4-6-13/h2-6,12,14-15,21H,7-11H2,1H3,(H2,18,22)(H,19,23). The van der Waals surface area contributed by atoms with Crippen LogP contribution in [-0.4, -0.2) is 53.8 Å². The van der Waals surface area contributed by atoms with Crippen LogP contribution in [0, 0.1) is 5.92 Å². The predicted molar refractivity (Wildman–Crippen MR) is 89.0 cm³/mol. The Kier molecular flexibility index (Phi) is 6.57. The Hall–Kier alpha value is -2.12. The summed E-state index contributed by atoms with van der Waals surface area (Å²) in [5.41, 5.74) is 6.16. The number of piperidine rings is 1. The summed E-state index contributed by atoms with van der Waals surface area (Å²) in [6, 6.07) is 9.23. The van der Waals surface area contributed by atoms with Crippen molar-refractivity contribution in [3.8, 4) is 0 Å². The van der Waals surface area contributed by atoms with Crippen molar-refractivity contribution in [1.82, 2.24) is 10.2 Å². The molecule has 0 radical (unpaired) electrons. The van der Waals surface area contributed by atoms with Crippen molar-refractivity contribution >= 4 is 12.0 Å². The Bertz CT molecular complexity index is 550. The first-order chi connectivity index (χ1) is 11.4. The number of alkyl carbamates (subject to hydrolysis) is 1. The van der Waals surface area contributed by atoms with E-state index in [1.165, 1.54) is 0 Å². The molecule has 3 unspecified atom stereocenters. The molecule has 0 aliphatic carbocycles. The molecule has 1 aromatic carbocycles. The van der Waals surface area contributed by atoms with Gasteiger partial charge in [-0.3, -0.25) is 9.69 Å². The average molecular weight is 335 g/mol. The Morgan fingerprint density at radius 2 is 2.08 bits per heavy atom. The van der Waals surface area contributed by atoms with E-state index in [0.29, 0.717) is 19.5 Å². The number of amides is 2. The van der Waals surface area contributed by atoms with E-state index in [4.69, 9.17) is 10.5 Å². The predicted octanol–water partition coefficient (Wildman–Crippen LogP) is 0.469. The van der Waals surface area contributed by atoms with Gasteiger partial charge in [-0.05, 0) is 24.8 Å². The Balaban J connectivity index is 1.86. The number of hydrogen-bond donors (Lipinski definition) is 3. The van der Waals surface area contributed by atoms with Crippen molar-refractivity contribution in [2.24, 2.45) is 11.7 Å². The molecular formula is C17H25N3O4. The number of likely N-dealkylation sites (tertiary alicyclic amines) is 1. The Morgan fingerprint density at radius 1 is 1.38 bits per heavy atom. The molecule has 1 fully saturated rings. The van der Waals surface area contributed by atoms with Crippen LogP contribution in [0.4, 0.5) is 4.79 Å². The third kappa shape index (κ3) is 5.82. The highest BCUT2D eigenvalue weighted by atomic mass is 16.5. The number of nitrogens with two attached hydrogens (primary N) is 1. The molecule has 132 valence electrons. The highest BCUT2D eigenvalue weighted by molar-refractivity contribution is 5.76. The molecule has 2 amide bonds. The second kappa shape index (κ2) is 8.65. The molecule has 0 saturated carbocycles. The smallest absolute Gasteiger partial charge is 0.407 e. The molecule has 1 aromatic rings. The number of primary amides is 1. The maximum absolute atomic E-state index is 12.0. The fourth-order valence-electron chi connectivity index (χ4n) is 2.97. The Morgan fingerprint density at radius 3 is 2.71 bits per heavy atom. The van der Waals surface area contributed by atoms with Crippen LogP contribution in [0.5, 0.6) is 0 Å². The van der Waals surface area contributed by atoms with Crippen LogP contribution >= 0.6 is 0 Å². The Labute approximate surface area is 141 Å². The van der Waals surface area contributed by atoms with Crippen LogP contribution in [0.15, 0.2) is 30.3 Å². The summed E-state index contributed by atoms with van der Waals surface area (Å²) in [5, 5.41) is 12.7. The van der Waals surface area contributed by atoms with Crippen LogP contribution in [0.3, 0.4) is 0 Å². The minimum atomic E-state index is -0.523. The zero-order chi connectivity index (χ0) is 17.5. The molecular weight excluding hydrogens is 310 g/mol. The maximum atomic E-state index is 12.0. The number of rotatable bonds is 6. The van der Waals surface area contributed by atoms with Crippen molar-refractivity contribution in [2.45, 2.75) is 32.1 Å². The van der Waals surface area contributed by atoms with Gasteiger partial charge in [0.2, 0.25) is 5.91 Å². The van der Waals surface area contributed by atoms with Gasteiger partial charge < -0.3 is 20.9 Å². The number of carbonyl (C=O) groups is 2. The summed E-state index contributed by atoms with van der Waals surface area (Å²) in [6.45, 7) is 3.11. The molecule has 1 saturated heterocycles. The lowest BCUT2D eigenvalue weighted by Gasteiger charge is -2.38. The van der Waals surface area contributed by atoms with Crippen LogP contribution < -0.4 is 11.1 Å². The van der Waals surface area contributed by atoms with Gasteiger partial charge in [-0.2, -0.15) is 0 Å². The van der Waals surface area contributed by atoms with Gasteiger partial charge in [0.25, 0.3) is 0 Å². The van der Waals surface area contributed by atoms with Gasteiger partial charge in [-0.25, -0.2) is 4.79 Å². The maximum Gasteiger partial charge on any atom is 0.407 e. The molecule has 1 aliphatic rings. The summed E-state index contributed by atoms with van der Waals surface area (Å²) in [7, 11) is 0. The second-order valence-corrected chi connectivity index (χ2v) is 6.30. The van der Waals surface area contributed by atoms with Crippen molar-refractivity contribution < 1.29 is 19.4 Å². The van der Waals surface area contributed by atoms with E-state index in [2.05, 4.69) is 5.32 Å². The van der Waals surface area contributed by atoms with Crippen LogP contribution in [0.2, 0.25) is 0 Å². The van der Waals surface area contributed by atoms with Crippen molar-refractivity contribution in [1.29, 1.82) is 0 Å². The first kappa shape index (κ1) is 18.2. The first-order valence-corrected chi connectivity index (χ1v) is 8.10. The molecule has 0 spiro atoms. The monoisotopic (exact) mass is 335 g/mol. The lowest BCUT2D eigenvalue weighted by molar-refractivity contribution is -0.120. The van der Waals surface area contributed by atoms with Gasteiger partial charge in [0.1, 0.15) is 6.61 Å². The van der Waals surface area contributed by atoms with Crippen molar-refractivity contribution in [2.75, 3.05) is 19.6 Å². The third-order valence-electron chi connectivity index (χ3n) is 4.15. The summed E-state index contributed by atoms with van der Waals surface area (Å²) in [4.78, 5) is 25.0. The highest BCUT2D eigenvalue weighted by Gasteiger charge is 2.31. The van der Waals surface area contributed by atoms with Gasteiger partial charge in [0.15, 0.2) is 0 Å². The number of benzene rings is 1. The number of nitrogens with zero attached hydrogens (tertiary/aromatic N) is 1. The molecule has 7 nitrogen and oxygen atoms in total. The molecule has 24 heavy (non-hydrogen) atoms. The van der Waals surface area contributed by atoms with E-state index >= 15 is 0 Å². The summed E-state index contributed by atoms with van der Waals surface area (Å²) in [5.74, 6) is -0.454. The quantitative estimate of drug-likeness (QED) is 0.701. The molecule has 7 heteroatoms. The van der Waals surface area contributed by atoms with Crippen LogP contribution in [-0.2, 0) is 16.1 Å². The van der Waals surface area contributed by atoms with Crippen molar-refractivity contribution in [3.63, 3.8) is 0 Å². The molecule has 2 rings (SSSR count). The van der Waals surface area contributed by atoms with E-state index in [-0.39, 0.29) is 25.1 Å². The second-order valence-electron chi connectivity index (χ2n) is 6.30. The average Bonchev–Trinajstić information content (AvgIpc) is 2.53. The van der Waals surface area contributed by atoms with Gasteiger partial charge >= 0.3 is 6.09 Å². The number of hydrogen-bond acceptors (Lipinski definition) is 5. The fraction of sp³-hybridized carbons (Fsp3) is 0.529. The van der Waals surface area contributed by atoms with Crippen LogP contribution in [0.25, 0.3) is 0 Å². The first-order valence-electron chi connectivity index (χ1n) is 8.10. The minimum Gasteiger partial charge on any atom is -0.445 e. The number of aliphatic hydroxyl groups is 1. The summed E-state index contributed by atoms with van der Waals surface area (Å²) < 4.78 is 5.22. The number of aliphatic hydroxyl groups excluding tert-OH is 1. The molecule has 1 aliphatic heterocycles. The molecule has 0 aromatic heterocycles.